The van der Waals surface area contributed by atoms with Crippen LogP contribution in [0.4, 0.5) is 0 Å². The molecule has 0 amide bonds. The molecule has 0 spiro atoms. The summed E-state index contributed by atoms with van der Waals surface area (Å²) in [4.78, 5) is 0. The van der Waals surface area contributed by atoms with Crippen molar-refractivity contribution in [2.45, 2.75) is 0 Å². The molecule has 0 fully saturated rings. The van der Waals surface area contributed by atoms with Crippen LogP contribution in [-0.4, -0.2) is 0 Å². The molecule has 0 saturated carbocycles. The molecule has 2 rings (SSSR count). The van der Waals surface area contributed by atoms with Crippen molar-refractivity contribution in [1.82, 2.24) is 0 Å². The van der Waals surface area contributed by atoms with E-state index < -0.39 is 0 Å². The maximum atomic E-state index is 5.42. The third-order valence-corrected chi connectivity index (χ3v) is 2.11. The number of hydrogen-bond donors (Lipinski definition) is 0. The zero-order valence-electron chi connectivity index (χ0n) is 8.85. The van der Waals surface area contributed by atoms with Crippen LogP contribution in [0, 0.1) is 0 Å². The summed E-state index contributed by atoms with van der Waals surface area (Å²) in [7, 11) is 0. The van der Waals surface area contributed by atoms with Gasteiger partial charge in [-0.15, -0.1) is 0 Å². The highest BCUT2D eigenvalue weighted by Gasteiger charge is 1.97. The Labute approximate surface area is 94.2 Å². The van der Waals surface area contributed by atoms with Gasteiger partial charge in [0, 0.05) is 0 Å². The highest BCUT2D eigenvalue weighted by atomic mass is 16.3. The summed E-state index contributed by atoms with van der Waals surface area (Å²) < 4.78 is 10.8. The van der Waals surface area contributed by atoms with Crippen LogP contribution in [-0.2, 0) is 0 Å². The zero-order chi connectivity index (χ0) is 11.4. The van der Waals surface area contributed by atoms with Gasteiger partial charge in [-0.25, -0.2) is 0 Å². The van der Waals surface area contributed by atoms with Crippen LogP contribution >= 0.6 is 0 Å². The number of rotatable bonds is 4. The minimum absolute atomic E-state index is 0.755. The topological polar surface area (TPSA) is 26.3 Å². The van der Waals surface area contributed by atoms with Crippen LogP contribution in [0.5, 0.6) is 0 Å². The van der Waals surface area contributed by atoms with Gasteiger partial charge >= 0.3 is 0 Å². The summed E-state index contributed by atoms with van der Waals surface area (Å²) in [6.07, 6.45) is 7.03. The normalized spacial score (nSPS) is 10.8. The van der Waals surface area contributed by atoms with Crippen molar-refractivity contribution in [2.24, 2.45) is 0 Å². The highest BCUT2D eigenvalue weighted by molar-refractivity contribution is 5.66. The van der Waals surface area contributed by atoms with Gasteiger partial charge in [-0.05, 0) is 48.6 Å². The maximum absolute atomic E-state index is 5.42. The first-order valence-electron chi connectivity index (χ1n) is 4.94. The molecule has 0 N–H and O–H groups in total. The Morgan fingerprint density at radius 3 is 1.38 bits per heavy atom. The van der Waals surface area contributed by atoms with E-state index in [1.807, 2.05) is 36.4 Å². The van der Waals surface area contributed by atoms with Gasteiger partial charge in [0.2, 0.25) is 0 Å². The average Bonchev–Trinajstić information content (AvgIpc) is 2.95. The molecule has 0 aliphatic carbocycles. The van der Waals surface area contributed by atoms with E-state index in [2.05, 4.69) is 13.2 Å². The summed E-state index contributed by atoms with van der Waals surface area (Å²) in [5, 5.41) is 0. The van der Waals surface area contributed by atoms with Crippen LogP contribution in [0.3, 0.4) is 0 Å². The van der Waals surface area contributed by atoms with Crippen LogP contribution in [0.1, 0.15) is 23.0 Å². The molecule has 2 heterocycles. The SMILES string of the molecule is C=Cc1ccc(/C=C\c2ccc(C=C)o2)o1. The Morgan fingerprint density at radius 2 is 1.06 bits per heavy atom. The van der Waals surface area contributed by atoms with Gasteiger partial charge in [0.15, 0.2) is 0 Å². The van der Waals surface area contributed by atoms with Crippen molar-refractivity contribution in [3.8, 4) is 0 Å². The molecule has 0 saturated heterocycles. The predicted molar refractivity (Wildman–Crippen MR) is 66.5 cm³/mol. The van der Waals surface area contributed by atoms with Crippen molar-refractivity contribution in [3.63, 3.8) is 0 Å². The van der Waals surface area contributed by atoms with Gasteiger partial charge in [-0.3, -0.25) is 0 Å². The molecule has 0 radical (unpaired) electrons. The lowest BCUT2D eigenvalue weighted by Gasteiger charge is -1.86. The Kier molecular flexibility index (Phi) is 2.92. The van der Waals surface area contributed by atoms with Gasteiger partial charge in [0.1, 0.15) is 23.0 Å². The second kappa shape index (κ2) is 4.53. The van der Waals surface area contributed by atoms with Gasteiger partial charge in [-0.2, -0.15) is 0 Å². The van der Waals surface area contributed by atoms with Crippen molar-refractivity contribution in [2.75, 3.05) is 0 Å². The van der Waals surface area contributed by atoms with Gasteiger partial charge < -0.3 is 8.83 Å². The Morgan fingerprint density at radius 1 is 0.688 bits per heavy atom. The van der Waals surface area contributed by atoms with E-state index in [0.29, 0.717) is 0 Å². The largest absolute Gasteiger partial charge is 0.457 e. The lowest BCUT2D eigenvalue weighted by molar-refractivity contribution is 0.543. The molecule has 16 heavy (non-hydrogen) atoms. The first-order valence-corrected chi connectivity index (χ1v) is 4.94. The molecular weight excluding hydrogens is 200 g/mol. The molecule has 0 aliphatic heterocycles. The lowest BCUT2D eigenvalue weighted by Crippen LogP contribution is -1.63. The second-order valence-electron chi connectivity index (χ2n) is 3.22. The smallest absolute Gasteiger partial charge is 0.127 e. The van der Waals surface area contributed by atoms with E-state index in [1.165, 1.54) is 0 Å². The fraction of sp³-hybridized carbons (Fsp3) is 0. The van der Waals surface area contributed by atoms with Crippen LogP contribution in [0.25, 0.3) is 24.3 Å². The van der Waals surface area contributed by atoms with E-state index in [4.69, 9.17) is 8.83 Å². The second-order valence-corrected chi connectivity index (χ2v) is 3.22. The number of hydrogen-bond acceptors (Lipinski definition) is 2. The summed E-state index contributed by atoms with van der Waals surface area (Å²) >= 11 is 0. The molecule has 2 nitrogen and oxygen atoms in total. The fourth-order valence-corrected chi connectivity index (χ4v) is 1.30. The Balaban J connectivity index is 2.13. The van der Waals surface area contributed by atoms with Crippen molar-refractivity contribution in [3.05, 3.63) is 60.5 Å². The first-order chi connectivity index (χ1) is 7.81. The third kappa shape index (κ3) is 2.23. The third-order valence-electron chi connectivity index (χ3n) is 2.11. The molecule has 0 atom stereocenters. The minimum atomic E-state index is 0.755. The van der Waals surface area contributed by atoms with E-state index in [1.54, 1.807) is 12.2 Å². The molecule has 0 unspecified atom stereocenters. The molecule has 0 aliphatic rings. The van der Waals surface area contributed by atoms with Crippen molar-refractivity contribution < 1.29 is 8.83 Å². The van der Waals surface area contributed by atoms with Crippen LogP contribution in [0.2, 0.25) is 0 Å². The standard InChI is InChI=1S/C14H12O2/c1-3-11-5-7-13(15-11)9-10-14-8-6-12(4-2)16-14/h3-10H,1-2H2/b10-9-. The summed E-state index contributed by atoms with van der Waals surface area (Å²) in [5.41, 5.74) is 0. The molecule has 2 heteroatoms. The summed E-state index contributed by atoms with van der Waals surface area (Å²) in [5.74, 6) is 3.05. The fourth-order valence-electron chi connectivity index (χ4n) is 1.30. The zero-order valence-corrected chi connectivity index (χ0v) is 8.85. The van der Waals surface area contributed by atoms with E-state index in [9.17, 15) is 0 Å². The molecule has 2 aromatic heterocycles. The minimum Gasteiger partial charge on any atom is -0.457 e. The van der Waals surface area contributed by atoms with Gasteiger partial charge in [0.25, 0.3) is 0 Å². The van der Waals surface area contributed by atoms with Crippen LogP contribution in [0.15, 0.2) is 46.3 Å². The van der Waals surface area contributed by atoms with E-state index in [0.717, 1.165) is 23.0 Å². The first kappa shape index (κ1) is 10.3. The molecule has 2 aromatic rings. The number of furan rings is 2. The summed E-state index contributed by atoms with van der Waals surface area (Å²) in [6.45, 7) is 7.26. The quantitative estimate of drug-likeness (QED) is 0.754. The Hall–Kier alpha value is -2.22. The molecule has 0 aromatic carbocycles. The Bertz CT molecular complexity index is 478. The van der Waals surface area contributed by atoms with Crippen molar-refractivity contribution >= 4 is 24.3 Å². The van der Waals surface area contributed by atoms with E-state index in [-0.39, 0.29) is 0 Å². The lowest BCUT2D eigenvalue weighted by atomic mass is 10.3. The van der Waals surface area contributed by atoms with Gasteiger partial charge in [0.05, 0.1) is 0 Å². The average molecular weight is 212 g/mol. The maximum Gasteiger partial charge on any atom is 0.127 e. The van der Waals surface area contributed by atoms with Crippen molar-refractivity contribution in [1.29, 1.82) is 0 Å². The van der Waals surface area contributed by atoms with Gasteiger partial charge in [-0.1, -0.05) is 13.2 Å². The monoisotopic (exact) mass is 212 g/mol. The van der Waals surface area contributed by atoms with E-state index >= 15 is 0 Å². The highest BCUT2D eigenvalue weighted by Crippen LogP contribution is 2.15. The van der Waals surface area contributed by atoms with Crippen LogP contribution < -0.4 is 0 Å². The predicted octanol–water partition coefficient (Wildman–Crippen LogP) is 4.33. The molecule has 0 bridgehead atoms. The molecular formula is C14H12O2. The molecule has 80 valence electrons. The summed E-state index contributed by atoms with van der Waals surface area (Å²) in [6, 6.07) is 7.49.